The lowest BCUT2D eigenvalue weighted by molar-refractivity contribution is 0.0367. The van der Waals surface area contributed by atoms with Gasteiger partial charge in [-0.25, -0.2) is 4.79 Å². The Kier molecular flexibility index (Phi) is 7.01. The van der Waals surface area contributed by atoms with Crippen molar-refractivity contribution in [1.29, 1.82) is 0 Å². The van der Waals surface area contributed by atoms with E-state index in [-0.39, 0.29) is 25.0 Å². The molecule has 0 spiro atoms. The Morgan fingerprint density at radius 1 is 1.26 bits per heavy atom. The number of nitrogens with one attached hydrogen (secondary N) is 1. The van der Waals surface area contributed by atoms with Crippen LogP contribution in [0, 0.1) is 0 Å². The molecule has 0 fully saturated rings. The second-order valence-corrected chi connectivity index (χ2v) is 6.95. The lowest BCUT2D eigenvalue weighted by Crippen LogP contribution is -2.39. The van der Waals surface area contributed by atoms with Gasteiger partial charge in [-0.3, -0.25) is 4.98 Å². The molecular formula is C20H26N2O5. The van der Waals surface area contributed by atoms with Crippen LogP contribution in [0.1, 0.15) is 20.8 Å². The Morgan fingerprint density at radius 2 is 2.04 bits per heavy atom. The van der Waals surface area contributed by atoms with Crippen LogP contribution in [0.25, 0.3) is 11.3 Å². The van der Waals surface area contributed by atoms with Gasteiger partial charge in [0.1, 0.15) is 35.5 Å². The van der Waals surface area contributed by atoms with Crippen molar-refractivity contribution in [3.8, 4) is 22.8 Å². The van der Waals surface area contributed by atoms with Crippen molar-refractivity contribution in [2.75, 3.05) is 20.3 Å². The Balaban J connectivity index is 1.98. The zero-order valence-corrected chi connectivity index (χ0v) is 16.1. The highest BCUT2D eigenvalue weighted by molar-refractivity contribution is 5.68. The van der Waals surface area contributed by atoms with Crippen LogP contribution in [0.4, 0.5) is 4.79 Å². The van der Waals surface area contributed by atoms with Crippen LogP contribution < -0.4 is 10.1 Å². The summed E-state index contributed by atoms with van der Waals surface area (Å²) >= 11 is 0. The second-order valence-electron chi connectivity index (χ2n) is 6.95. The van der Waals surface area contributed by atoms with Gasteiger partial charge in [0.15, 0.2) is 0 Å². The second kappa shape index (κ2) is 9.23. The van der Waals surface area contributed by atoms with Crippen LogP contribution in [-0.2, 0) is 9.47 Å². The molecule has 0 radical (unpaired) electrons. The lowest BCUT2D eigenvalue weighted by atomic mass is 10.1. The van der Waals surface area contributed by atoms with E-state index in [2.05, 4.69) is 10.3 Å². The number of carbonyl (C=O) groups is 1. The number of nitrogens with zero attached hydrogens (tertiary/aromatic N) is 1. The fourth-order valence-corrected chi connectivity index (χ4v) is 2.28. The number of ether oxygens (including phenoxy) is 3. The third-order valence-electron chi connectivity index (χ3n) is 3.52. The van der Waals surface area contributed by atoms with Gasteiger partial charge in [0, 0.05) is 18.9 Å². The SMILES string of the molecule is COC(CNC(=O)OC(C)(C)C)COc1cccnc1-c1cccc(O)c1. The number of rotatable bonds is 7. The van der Waals surface area contributed by atoms with E-state index in [9.17, 15) is 9.90 Å². The molecule has 2 N–H and O–H groups in total. The minimum atomic E-state index is -0.561. The quantitative estimate of drug-likeness (QED) is 0.772. The average Bonchev–Trinajstić information content (AvgIpc) is 2.60. The number of methoxy groups -OCH3 is 1. The first-order chi connectivity index (χ1) is 12.8. The third-order valence-corrected chi connectivity index (χ3v) is 3.52. The van der Waals surface area contributed by atoms with Crippen LogP contribution in [-0.4, -0.2) is 48.2 Å². The molecule has 0 aliphatic heterocycles. The number of pyridine rings is 1. The summed E-state index contributed by atoms with van der Waals surface area (Å²) < 4.78 is 16.4. The molecule has 1 amide bonds. The molecule has 1 atom stereocenters. The number of carbonyl (C=O) groups excluding carboxylic acids is 1. The first-order valence-electron chi connectivity index (χ1n) is 8.65. The van der Waals surface area contributed by atoms with E-state index in [0.717, 1.165) is 5.56 Å². The summed E-state index contributed by atoms with van der Waals surface area (Å²) in [5.74, 6) is 0.711. The number of benzene rings is 1. The van der Waals surface area contributed by atoms with Crippen molar-refractivity contribution < 1.29 is 24.1 Å². The summed E-state index contributed by atoms with van der Waals surface area (Å²) in [5, 5.41) is 12.3. The van der Waals surface area contributed by atoms with Crippen LogP contribution in [0.15, 0.2) is 42.6 Å². The summed E-state index contributed by atoms with van der Waals surface area (Å²) in [4.78, 5) is 16.1. The monoisotopic (exact) mass is 374 g/mol. The normalized spacial score (nSPS) is 12.3. The molecule has 0 aliphatic carbocycles. The van der Waals surface area contributed by atoms with E-state index in [1.54, 1.807) is 64.4 Å². The Labute approximate surface area is 159 Å². The average molecular weight is 374 g/mol. The smallest absolute Gasteiger partial charge is 0.407 e. The van der Waals surface area contributed by atoms with Gasteiger partial charge >= 0.3 is 6.09 Å². The number of alkyl carbamates (subject to hydrolysis) is 1. The van der Waals surface area contributed by atoms with Crippen molar-refractivity contribution in [1.82, 2.24) is 10.3 Å². The van der Waals surface area contributed by atoms with Crippen LogP contribution in [0.2, 0.25) is 0 Å². The first-order valence-corrected chi connectivity index (χ1v) is 8.65. The summed E-state index contributed by atoms with van der Waals surface area (Å²) in [6.45, 7) is 5.86. The minimum Gasteiger partial charge on any atom is -0.508 e. The number of hydrogen-bond acceptors (Lipinski definition) is 6. The Bertz CT molecular complexity index is 758. The van der Waals surface area contributed by atoms with Gasteiger partial charge in [-0.15, -0.1) is 0 Å². The molecule has 1 aromatic carbocycles. The molecule has 27 heavy (non-hydrogen) atoms. The van der Waals surface area contributed by atoms with Crippen LogP contribution in [0.3, 0.4) is 0 Å². The molecule has 0 aliphatic rings. The minimum absolute atomic E-state index is 0.153. The number of phenolic OH excluding ortho intramolecular Hbond substituents is 1. The highest BCUT2D eigenvalue weighted by Crippen LogP contribution is 2.29. The maximum atomic E-state index is 11.8. The molecule has 1 aromatic heterocycles. The fraction of sp³-hybridized carbons (Fsp3) is 0.400. The third kappa shape index (κ3) is 6.79. The van der Waals surface area contributed by atoms with Gasteiger partial charge in [0.2, 0.25) is 0 Å². The van der Waals surface area contributed by atoms with Crippen molar-refractivity contribution in [3.63, 3.8) is 0 Å². The summed E-state index contributed by atoms with van der Waals surface area (Å²) in [6.07, 6.45) is 0.783. The molecule has 7 heteroatoms. The number of amides is 1. The van der Waals surface area contributed by atoms with E-state index in [4.69, 9.17) is 14.2 Å². The van der Waals surface area contributed by atoms with E-state index in [0.29, 0.717) is 11.4 Å². The Morgan fingerprint density at radius 3 is 2.70 bits per heavy atom. The predicted molar refractivity (Wildman–Crippen MR) is 102 cm³/mol. The van der Waals surface area contributed by atoms with E-state index in [1.165, 1.54) is 0 Å². The van der Waals surface area contributed by atoms with Gasteiger partial charge in [0.05, 0.1) is 6.54 Å². The molecule has 146 valence electrons. The number of aromatic nitrogens is 1. The number of aromatic hydroxyl groups is 1. The topological polar surface area (TPSA) is 89.9 Å². The highest BCUT2D eigenvalue weighted by atomic mass is 16.6. The first kappa shape index (κ1) is 20.5. The van der Waals surface area contributed by atoms with Crippen LogP contribution in [0.5, 0.6) is 11.5 Å². The van der Waals surface area contributed by atoms with Crippen molar-refractivity contribution in [2.24, 2.45) is 0 Å². The fourth-order valence-electron chi connectivity index (χ4n) is 2.28. The van der Waals surface area contributed by atoms with Crippen molar-refractivity contribution >= 4 is 6.09 Å². The van der Waals surface area contributed by atoms with Crippen LogP contribution >= 0.6 is 0 Å². The van der Waals surface area contributed by atoms with Gasteiger partial charge in [-0.05, 0) is 45.0 Å². The molecular weight excluding hydrogens is 348 g/mol. The molecule has 2 aromatic rings. The molecule has 1 heterocycles. The van der Waals surface area contributed by atoms with Gasteiger partial charge in [-0.1, -0.05) is 12.1 Å². The molecule has 0 bridgehead atoms. The molecule has 0 saturated carbocycles. The number of hydrogen-bond donors (Lipinski definition) is 2. The predicted octanol–water partition coefficient (Wildman–Crippen LogP) is 3.37. The molecule has 7 nitrogen and oxygen atoms in total. The molecule has 1 unspecified atom stereocenters. The van der Waals surface area contributed by atoms with E-state index >= 15 is 0 Å². The zero-order valence-electron chi connectivity index (χ0n) is 16.1. The van der Waals surface area contributed by atoms with Gasteiger partial charge in [0.25, 0.3) is 0 Å². The zero-order chi connectivity index (χ0) is 19.9. The summed E-state index contributed by atoms with van der Waals surface area (Å²) in [5.41, 5.74) is 0.796. The lowest BCUT2D eigenvalue weighted by Gasteiger charge is -2.22. The van der Waals surface area contributed by atoms with E-state index < -0.39 is 11.7 Å². The maximum absolute atomic E-state index is 11.8. The largest absolute Gasteiger partial charge is 0.508 e. The van der Waals surface area contributed by atoms with Crippen molar-refractivity contribution in [2.45, 2.75) is 32.5 Å². The summed E-state index contributed by atoms with van der Waals surface area (Å²) in [7, 11) is 1.55. The molecule has 0 saturated heterocycles. The van der Waals surface area contributed by atoms with Gasteiger partial charge < -0.3 is 24.6 Å². The summed E-state index contributed by atoms with van der Waals surface area (Å²) in [6, 6.07) is 10.4. The van der Waals surface area contributed by atoms with Gasteiger partial charge in [-0.2, -0.15) is 0 Å². The standard InChI is InChI=1S/C20H26N2O5/c1-20(2,3)27-19(24)22-12-16(25-4)13-26-17-9-6-10-21-18(17)14-7-5-8-15(23)11-14/h5-11,16,23H,12-13H2,1-4H3,(H,22,24). The highest BCUT2D eigenvalue weighted by Gasteiger charge is 2.18. The van der Waals surface area contributed by atoms with E-state index in [1.807, 2.05) is 6.07 Å². The number of phenols is 1. The Hall–Kier alpha value is -2.80. The van der Waals surface area contributed by atoms with Crippen molar-refractivity contribution in [3.05, 3.63) is 42.6 Å². The maximum Gasteiger partial charge on any atom is 0.407 e. The molecule has 2 rings (SSSR count).